The first-order chi connectivity index (χ1) is 9.50. The molecule has 0 fully saturated rings. The highest BCUT2D eigenvalue weighted by atomic mass is 35.5. The number of aromatic nitrogens is 1. The average molecular weight is 301 g/mol. The summed E-state index contributed by atoms with van der Waals surface area (Å²) in [6.07, 6.45) is 1.36. The Morgan fingerprint density at radius 3 is 2.65 bits per heavy atom. The second kappa shape index (κ2) is 5.92. The fourth-order valence-electron chi connectivity index (χ4n) is 1.51. The third kappa shape index (κ3) is 2.91. The topological polar surface area (TPSA) is 42.0 Å². The van der Waals surface area contributed by atoms with E-state index in [2.05, 4.69) is 10.3 Å². The molecule has 0 spiro atoms. The zero-order valence-electron chi connectivity index (χ0n) is 9.96. The summed E-state index contributed by atoms with van der Waals surface area (Å²) in [6.45, 7) is -0.222. The molecule has 0 saturated carbocycles. The van der Waals surface area contributed by atoms with Crippen LogP contribution in [0.15, 0.2) is 30.5 Å². The quantitative estimate of drug-likeness (QED) is 0.885. The molecule has 0 radical (unpaired) electrons. The molecule has 3 nitrogen and oxygen atoms in total. The van der Waals surface area contributed by atoms with Crippen LogP contribution in [-0.4, -0.2) is 10.9 Å². The third-order valence-electron chi connectivity index (χ3n) is 2.53. The zero-order chi connectivity index (χ0) is 14.7. The van der Waals surface area contributed by atoms with E-state index in [1.165, 1.54) is 18.3 Å². The van der Waals surface area contributed by atoms with Gasteiger partial charge < -0.3 is 5.32 Å². The molecule has 2 aromatic rings. The van der Waals surface area contributed by atoms with Gasteiger partial charge in [0.05, 0.1) is 17.8 Å². The first-order valence-electron chi connectivity index (χ1n) is 5.51. The maximum absolute atomic E-state index is 13.6. The predicted octanol–water partition coefficient (Wildman–Crippen LogP) is 3.08. The van der Waals surface area contributed by atoms with Gasteiger partial charge in [-0.3, -0.25) is 9.78 Å². The van der Waals surface area contributed by atoms with Crippen molar-refractivity contribution in [2.24, 2.45) is 0 Å². The Hall–Kier alpha value is -2.08. The van der Waals surface area contributed by atoms with Crippen LogP contribution in [-0.2, 0) is 6.54 Å². The van der Waals surface area contributed by atoms with Gasteiger partial charge in [-0.1, -0.05) is 11.6 Å². The van der Waals surface area contributed by atoms with E-state index in [4.69, 9.17) is 11.6 Å². The molecule has 1 amide bonds. The number of nitrogens with zero attached hydrogens (tertiary/aromatic N) is 1. The Kier molecular flexibility index (Phi) is 4.24. The second-order valence-electron chi connectivity index (χ2n) is 3.84. The molecule has 0 atom stereocenters. The van der Waals surface area contributed by atoms with Crippen molar-refractivity contribution in [2.45, 2.75) is 6.54 Å². The molecule has 1 aromatic carbocycles. The van der Waals surface area contributed by atoms with Crippen molar-refractivity contribution >= 4 is 17.5 Å². The lowest BCUT2D eigenvalue weighted by Gasteiger charge is -2.07. The van der Waals surface area contributed by atoms with Crippen LogP contribution in [0.3, 0.4) is 0 Å². The van der Waals surface area contributed by atoms with Gasteiger partial charge in [0.1, 0.15) is 16.7 Å². The van der Waals surface area contributed by atoms with E-state index in [1.807, 2.05) is 0 Å². The Morgan fingerprint density at radius 2 is 1.95 bits per heavy atom. The SMILES string of the molecule is O=C(NCc1ncccc1F)c1ccc(F)c(Cl)c1F. The number of nitrogens with one attached hydrogen (secondary N) is 1. The summed E-state index contributed by atoms with van der Waals surface area (Å²) in [5.41, 5.74) is -0.415. The van der Waals surface area contributed by atoms with Crippen LogP contribution < -0.4 is 5.32 Å². The van der Waals surface area contributed by atoms with E-state index < -0.39 is 33.9 Å². The van der Waals surface area contributed by atoms with Crippen molar-refractivity contribution in [3.05, 3.63) is 64.2 Å². The lowest BCUT2D eigenvalue weighted by Crippen LogP contribution is -2.25. The molecule has 0 unspecified atom stereocenters. The molecule has 20 heavy (non-hydrogen) atoms. The molecular formula is C13H8ClF3N2O. The monoisotopic (exact) mass is 300 g/mol. The van der Waals surface area contributed by atoms with Crippen LogP contribution in [0, 0.1) is 17.5 Å². The van der Waals surface area contributed by atoms with Crippen molar-refractivity contribution in [3.63, 3.8) is 0 Å². The fourth-order valence-corrected chi connectivity index (χ4v) is 1.67. The fraction of sp³-hybridized carbons (Fsp3) is 0.0769. The highest BCUT2D eigenvalue weighted by Gasteiger charge is 2.17. The van der Waals surface area contributed by atoms with Crippen molar-refractivity contribution in [1.29, 1.82) is 0 Å². The van der Waals surface area contributed by atoms with E-state index in [1.54, 1.807) is 0 Å². The molecule has 0 aliphatic rings. The number of rotatable bonds is 3. The number of hydrogen-bond acceptors (Lipinski definition) is 2. The highest BCUT2D eigenvalue weighted by Crippen LogP contribution is 2.21. The number of carbonyl (C=O) groups excluding carboxylic acids is 1. The average Bonchev–Trinajstić information content (AvgIpc) is 2.44. The minimum Gasteiger partial charge on any atom is -0.346 e. The van der Waals surface area contributed by atoms with Crippen LogP contribution in [0.1, 0.15) is 16.1 Å². The van der Waals surface area contributed by atoms with Crippen molar-refractivity contribution < 1.29 is 18.0 Å². The number of amides is 1. The minimum atomic E-state index is -1.16. The molecule has 0 aliphatic carbocycles. The summed E-state index contributed by atoms with van der Waals surface area (Å²) in [5.74, 6) is -3.55. The Morgan fingerprint density at radius 1 is 1.20 bits per heavy atom. The van der Waals surface area contributed by atoms with Crippen LogP contribution in [0.5, 0.6) is 0 Å². The van der Waals surface area contributed by atoms with Crippen LogP contribution in [0.25, 0.3) is 0 Å². The normalized spacial score (nSPS) is 10.4. The Balaban J connectivity index is 2.14. The number of pyridine rings is 1. The number of carbonyl (C=O) groups is 1. The van der Waals surface area contributed by atoms with Crippen molar-refractivity contribution in [3.8, 4) is 0 Å². The summed E-state index contributed by atoms with van der Waals surface area (Å²) in [5, 5.41) is 1.52. The highest BCUT2D eigenvalue weighted by molar-refractivity contribution is 6.31. The van der Waals surface area contributed by atoms with E-state index >= 15 is 0 Å². The van der Waals surface area contributed by atoms with Crippen molar-refractivity contribution in [1.82, 2.24) is 10.3 Å². The molecule has 0 bridgehead atoms. The third-order valence-corrected chi connectivity index (χ3v) is 2.88. The smallest absolute Gasteiger partial charge is 0.254 e. The van der Waals surface area contributed by atoms with Crippen molar-refractivity contribution in [2.75, 3.05) is 0 Å². The van der Waals surface area contributed by atoms with Gasteiger partial charge in [0.2, 0.25) is 0 Å². The van der Waals surface area contributed by atoms with Gasteiger partial charge in [0.15, 0.2) is 5.82 Å². The lowest BCUT2D eigenvalue weighted by atomic mass is 10.2. The summed E-state index contributed by atoms with van der Waals surface area (Å²) >= 11 is 5.37. The van der Waals surface area contributed by atoms with Gasteiger partial charge in [-0.15, -0.1) is 0 Å². The number of benzene rings is 1. The second-order valence-corrected chi connectivity index (χ2v) is 4.22. The first-order valence-corrected chi connectivity index (χ1v) is 5.89. The molecule has 2 rings (SSSR count). The first kappa shape index (κ1) is 14.3. The summed E-state index contributed by atoms with van der Waals surface area (Å²) in [6, 6.07) is 4.42. The summed E-state index contributed by atoms with van der Waals surface area (Å²) in [7, 11) is 0. The summed E-state index contributed by atoms with van der Waals surface area (Å²) < 4.78 is 39.8. The van der Waals surface area contributed by atoms with E-state index in [0.717, 1.165) is 12.1 Å². The molecule has 1 heterocycles. The predicted molar refractivity (Wildman–Crippen MR) is 66.7 cm³/mol. The van der Waals surface area contributed by atoms with Gasteiger partial charge in [-0.2, -0.15) is 0 Å². The Labute approximate surface area is 117 Å². The maximum atomic E-state index is 13.6. The molecule has 0 aliphatic heterocycles. The van der Waals surface area contributed by atoms with Crippen LogP contribution in [0.4, 0.5) is 13.2 Å². The number of hydrogen-bond donors (Lipinski definition) is 1. The van der Waals surface area contributed by atoms with Gasteiger partial charge in [0.25, 0.3) is 5.91 Å². The number of halogens is 4. The standard InChI is InChI=1S/C13H8ClF3N2O/c14-11-9(16)4-3-7(12(11)17)13(20)19-6-10-8(15)2-1-5-18-10/h1-5H,6H2,(H,19,20). The molecular weight excluding hydrogens is 293 g/mol. The van der Waals surface area contributed by atoms with Crippen LogP contribution in [0.2, 0.25) is 5.02 Å². The summed E-state index contributed by atoms with van der Waals surface area (Å²) in [4.78, 5) is 15.5. The van der Waals surface area contributed by atoms with E-state index in [0.29, 0.717) is 0 Å². The van der Waals surface area contributed by atoms with E-state index in [9.17, 15) is 18.0 Å². The lowest BCUT2D eigenvalue weighted by molar-refractivity contribution is 0.0946. The molecule has 1 aromatic heterocycles. The maximum Gasteiger partial charge on any atom is 0.254 e. The molecule has 104 valence electrons. The van der Waals surface area contributed by atoms with Gasteiger partial charge in [0, 0.05) is 6.20 Å². The minimum absolute atomic E-state index is 0.00877. The van der Waals surface area contributed by atoms with Gasteiger partial charge >= 0.3 is 0 Å². The largest absolute Gasteiger partial charge is 0.346 e. The molecule has 7 heteroatoms. The van der Waals surface area contributed by atoms with E-state index in [-0.39, 0.29) is 12.2 Å². The zero-order valence-corrected chi connectivity index (χ0v) is 10.7. The Bertz CT molecular complexity index is 664. The van der Waals surface area contributed by atoms with Crippen LogP contribution >= 0.6 is 11.6 Å². The van der Waals surface area contributed by atoms with Gasteiger partial charge in [-0.05, 0) is 24.3 Å². The van der Waals surface area contributed by atoms with Gasteiger partial charge in [-0.25, -0.2) is 13.2 Å². The molecule has 0 saturated heterocycles. The molecule has 1 N–H and O–H groups in total.